The number of amides is 1. The summed E-state index contributed by atoms with van der Waals surface area (Å²) in [6, 6.07) is 13.9. The van der Waals surface area contributed by atoms with E-state index in [1.165, 1.54) is 12.1 Å². The van der Waals surface area contributed by atoms with Crippen LogP contribution in [0.1, 0.15) is 16.7 Å². The number of aryl methyl sites for hydroxylation is 2. The molecule has 4 rings (SSSR count). The number of fused-ring (bicyclic) bond motifs is 1. The average molecular weight is 418 g/mol. The number of aromatic nitrogens is 3. The first kappa shape index (κ1) is 20.5. The van der Waals surface area contributed by atoms with Gasteiger partial charge in [0.2, 0.25) is 5.91 Å². The van der Waals surface area contributed by atoms with Crippen LogP contribution in [0.4, 0.5) is 4.39 Å². The Morgan fingerprint density at radius 3 is 2.74 bits per heavy atom. The molecule has 0 unspecified atom stereocenters. The molecule has 2 aromatic heterocycles. The van der Waals surface area contributed by atoms with Gasteiger partial charge in [-0.1, -0.05) is 29.8 Å². The molecule has 0 saturated carbocycles. The molecule has 0 spiro atoms. The highest BCUT2D eigenvalue weighted by molar-refractivity contribution is 5.78. The number of hydrogen-bond donors (Lipinski definition) is 1. The SMILES string of the molecule is Cc1ccc(C)c(-c2cc3c(=O)n(CCNC(=O)Cc4cccc(F)c4)ccn3n2)c1. The van der Waals surface area contributed by atoms with E-state index in [9.17, 15) is 14.0 Å². The predicted octanol–water partition coefficient (Wildman–Crippen LogP) is 3.28. The maximum absolute atomic E-state index is 13.2. The van der Waals surface area contributed by atoms with Crippen molar-refractivity contribution >= 4 is 11.4 Å². The third kappa shape index (κ3) is 4.55. The van der Waals surface area contributed by atoms with Crippen molar-refractivity contribution in [1.82, 2.24) is 19.5 Å². The minimum absolute atomic E-state index is 0.0908. The second-order valence-electron chi connectivity index (χ2n) is 7.63. The number of carbonyl (C=O) groups excluding carboxylic acids is 1. The molecular weight excluding hydrogens is 395 g/mol. The maximum atomic E-state index is 13.2. The van der Waals surface area contributed by atoms with E-state index in [1.54, 1.807) is 39.7 Å². The van der Waals surface area contributed by atoms with Crippen LogP contribution in [-0.4, -0.2) is 26.6 Å². The van der Waals surface area contributed by atoms with Crippen LogP contribution in [0.5, 0.6) is 0 Å². The van der Waals surface area contributed by atoms with Crippen LogP contribution < -0.4 is 10.9 Å². The van der Waals surface area contributed by atoms with E-state index in [0.717, 1.165) is 22.4 Å². The van der Waals surface area contributed by atoms with Gasteiger partial charge in [0.25, 0.3) is 5.56 Å². The largest absolute Gasteiger partial charge is 0.354 e. The highest BCUT2D eigenvalue weighted by Gasteiger charge is 2.11. The number of halogens is 1. The number of hydrogen-bond acceptors (Lipinski definition) is 3. The molecule has 6 nitrogen and oxygen atoms in total. The first-order valence-electron chi connectivity index (χ1n) is 10.1. The zero-order chi connectivity index (χ0) is 22.0. The normalized spacial score (nSPS) is 11.1. The molecule has 1 amide bonds. The van der Waals surface area contributed by atoms with E-state index in [4.69, 9.17) is 0 Å². The van der Waals surface area contributed by atoms with Gasteiger partial charge < -0.3 is 9.88 Å². The van der Waals surface area contributed by atoms with Crippen LogP contribution >= 0.6 is 0 Å². The van der Waals surface area contributed by atoms with E-state index in [0.29, 0.717) is 24.2 Å². The summed E-state index contributed by atoms with van der Waals surface area (Å²) in [5, 5.41) is 7.33. The van der Waals surface area contributed by atoms with Crippen molar-refractivity contribution in [2.75, 3.05) is 6.54 Å². The van der Waals surface area contributed by atoms with Crippen LogP contribution in [0.2, 0.25) is 0 Å². The van der Waals surface area contributed by atoms with Crippen LogP contribution in [0.25, 0.3) is 16.8 Å². The highest BCUT2D eigenvalue weighted by Crippen LogP contribution is 2.23. The Hall–Kier alpha value is -3.74. The van der Waals surface area contributed by atoms with Crippen molar-refractivity contribution in [2.24, 2.45) is 0 Å². The Balaban J connectivity index is 1.46. The van der Waals surface area contributed by atoms with E-state index in [1.807, 2.05) is 26.0 Å². The molecular formula is C24H23FN4O2. The standard InChI is InChI=1S/C24H23FN4O2/c1-16-6-7-17(2)20(12-16)21-15-22-24(31)28(10-11-29(22)27-21)9-8-26-23(30)14-18-4-3-5-19(25)13-18/h3-7,10-13,15H,8-9,14H2,1-2H3,(H,26,30). The monoisotopic (exact) mass is 418 g/mol. The topological polar surface area (TPSA) is 68.4 Å². The number of carbonyl (C=O) groups is 1. The van der Waals surface area contributed by atoms with E-state index in [2.05, 4.69) is 16.5 Å². The molecule has 0 atom stereocenters. The lowest BCUT2D eigenvalue weighted by Crippen LogP contribution is -2.32. The first-order valence-corrected chi connectivity index (χ1v) is 10.1. The molecule has 2 heterocycles. The summed E-state index contributed by atoms with van der Waals surface area (Å²) in [5.41, 5.74) is 4.88. The zero-order valence-electron chi connectivity index (χ0n) is 17.4. The van der Waals surface area contributed by atoms with E-state index < -0.39 is 0 Å². The second-order valence-corrected chi connectivity index (χ2v) is 7.63. The number of rotatable bonds is 6. The summed E-state index contributed by atoms with van der Waals surface area (Å²) < 4.78 is 16.4. The van der Waals surface area contributed by atoms with Gasteiger partial charge in [-0.25, -0.2) is 8.91 Å². The summed E-state index contributed by atoms with van der Waals surface area (Å²) in [7, 11) is 0. The fourth-order valence-electron chi connectivity index (χ4n) is 3.56. The van der Waals surface area contributed by atoms with Crippen molar-refractivity contribution in [1.29, 1.82) is 0 Å². The molecule has 0 radical (unpaired) electrons. The molecule has 0 aliphatic carbocycles. The smallest absolute Gasteiger partial charge is 0.276 e. The second kappa shape index (κ2) is 8.55. The minimum atomic E-state index is -0.369. The molecule has 158 valence electrons. The van der Waals surface area contributed by atoms with Crippen LogP contribution in [0.15, 0.2) is 65.7 Å². The number of nitrogens with zero attached hydrogens (tertiary/aromatic N) is 3. The lowest BCUT2D eigenvalue weighted by atomic mass is 10.0. The van der Waals surface area contributed by atoms with Crippen molar-refractivity contribution in [3.8, 4) is 11.3 Å². The third-order valence-electron chi connectivity index (χ3n) is 5.20. The molecule has 2 aromatic carbocycles. The van der Waals surface area contributed by atoms with Crippen LogP contribution in [0, 0.1) is 19.7 Å². The van der Waals surface area contributed by atoms with Crippen molar-refractivity contribution in [2.45, 2.75) is 26.8 Å². The zero-order valence-corrected chi connectivity index (χ0v) is 17.4. The number of benzene rings is 2. The lowest BCUT2D eigenvalue weighted by Gasteiger charge is -2.08. The lowest BCUT2D eigenvalue weighted by molar-refractivity contribution is -0.120. The Morgan fingerprint density at radius 1 is 1.10 bits per heavy atom. The van der Waals surface area contributed by atoms with Crippen molar-refractivity contribution < 1.29 is 9.18 Å². The van der Waals surface area contributed by atoms with Gasteiger partial charge in [-0.05, 0) is 49.2 Å². The summed E-state index contributed by atoms with van der Waals surface area (Å²) >= 11 is 0. The summed E-state index contributed by atoms with van der Waals surface area (Å²) in [4.78, 5) is 25.0. The van der Waals surface area contributed by atoms with Gasteiger partial charge in [0.1, 0.15) is 11.3 Å². The Labute approximate surface area is 179 Å². The number of nitrogens with one attached hydrogen (secondary N) is 1. The summed E-state index contributed by atoms with van der Waals surface area (Å²) in [5.74, 6) is -0.590. The molecule has 0 bridgehead atoms. The Kier molecular flexibility index (Phi) is 5.66. The Morgan fingerprint density at radius 2 is 1.94 bits per heavy atom. The van der Waals surface area contributed by atoms with Gasteiger partial charge >= 0.3 is 0 Å². The van der Waals surface area contributed by atoms with Gasteiger partial charge in [-0.2, -0.15) is 5.10 Å². The fourth-order valence-corrected chi connectivity index (χ4v) is 3.56. The van der Waals surface area contributed by atoms with Gasteiger partial charge in [-0.15, -0.1) is 0 Å². The molecule has 0 saturated heterocycles. The Bertz CT molecular complexity index is 1320. The third-order valence-corrected chi connectivity index (χ3v) is 5.20. The van der Waals surface area contributed by atoms with Crippen LogP contribution in [-0.2, 0) is 17.8 Å². The maximum Gasteiger partial charge on any atom is 0.276 e. The van der Waals surface area contributed by atoms with Gasteiger partial charge in [0.05, 0.1) is 12.1 Å². The van der Waals surface area contributed by atoms with Crippen LogP contribution in [0.3, 0.4) is 0 Å². The molecule has 0 fully saturated rings. The van der Waals surface area contributed by atoms with Gasteiger partial charge in [0, 0.05) is 31.0 Å². The quantitative estimate of drug-likeness (QED) is 0.523. The molecule has 0 aliphatic rings. The first-order chi connectivity index (χ1) is 14.9. The predicted molar refractivity (Wildman–Crippen MR) is 117 cm³/mol. The highest BCUT2D eigenvalue weighted by atomic mass is 19.1. The molecule has 0 aliphatic heterocycles. The van der Waals surface area contributed by atoms with Crippen molar-refractivity contribution in [3.63, 3.8) is 0 Å². The van der Waals surface area contributed by atoms with E-state index in [-0.39, 0.29) is 23.7 Å². The summed E-state index contributed by atoms with van der Waals surface area (Å²) in [6.45, 7) is 4.66. The molecule has 4 aromatic rings. The minimum Gasteiger partial charge on any atom is -0.354 e. The molecule has 7 heteroatoms. The summed E-state index contributed by atoms with van der Waals surface area (Å²) in [6.07, 6.45) is 3.49. The average Bonchev–Trinajstić information content (AvgIpc) is 3.16. The van der Waals surface area contributed by atoms with Crippen molar-refractivity contribution in [3.05, 3.63) is 93.8 Å². The fraction of sp³-hybridized carbons (Fsp3) is 0.208. The molecule has 31 heavy (non-hydrogen) atoms. The van der Waals surface area contributed by atoms with E-state index >= 15 is 0 Å². The van der Waals surface area contributed by atoms with Gasteiger partial charge in [-0.3, -0.25) is 9.59 Å². The molecule has 1 N–H and O–H groups in total. The van der Waals surface area contributed by atoms with Gasteiger partial charge in [0.15, 0.2) is 0 Å².